The molecule has 0 saturated carbocycles. The van der Waals surface area contributed by atoms with Crippen LogP contribution in [-0.2, 0) is 5.75 Å². The number of hydrogen-bond donors (Lipinski definition) is 2. The number of aromatic amines is 1. The Balaban J connectivity index is 0.00000144. The van der Waals surface area contributed by atoms with Gasteiger partial charge in [0.1, 0.15) is 6.33 Å². The maximum atomic E-state index is 12.5. The third kappa shape index (κ3) is 5.66. The lowest BCUT2D eigenvalue weighted by Crippen LogP contribution is -2.34. The van der Waals surface area contributed by atoms with Crippen molar-refractivity contribution in [3.63, 3.8) is 0 Å². The first-order chi connectivity index (χ1) is 10.8. The van der Waals surface area contributed by atoms with Crippen LogP contribution in [0.3, 0.4) is 0 Å². The molecule has 3 rings (SSSR count). The van der Waals surface area contributed by atoms with Crippen LogP contribution in [0, 0.1) is 0 Å². The number of aromatic nitrogens is 3. The molecule has 0 unspecified atom stereocenters. The minimum Gasteiger partial charge on any atom is -0.337 e. The van der Waals surface area contributed by atoms with Crippen molar-refractivity contribution in [1.82, 2.24) is 25.4 Å². The van der Waals surface area contributed by atoms with Crippen LogP contribution in [0.4, 0.5) is 0 Å². The smallest absolute Gasteiger partial charge is 0.253 e. The SMILES string of the molecule is Cl.Cl.O=C(c1ccc(CSc2ncn[nH]2)cc1)N1CCCNCC1. The Morgan fingerprint density at radius 2 is 1.96 bits per heavy atom. The first-order valence-corrected chi connectivity index (χ1v) is 8.38. The summed E-state index contributed by atoms with van der Waals surface area (Å²) < 4.78 is 0. The highest BCUT2D eigenvalue weighted by molar-refractivity contribution is 7.98. The molecule has 0 radical (unpaired) electrons. The second kappa shape index (κ2) is 10.6. The molecule has 1 amide bonds. The van der Waals surface area contributed by atoms with Gasteiger partial charge in [0.15, 0.2) is 5.16 Å². The van der Waals surface area contributed by atoms with Gasteiger partial charge in [-0.2, -0.15) is 5.10 Å². The summed E-state index contributed by atoms with van der Waals surface area (Å²) >= 11 is 1.59. The van der Waals surface area contributed by atoms with Crippen molar-refractivity contribution < 1.29 is 4.79 Å². The van der Waals surface area contributed by atoms with E-state index in [1.807, 2.05) is 29.2 Å². The molecule has 2 aromatic rings. The normalized spacial score (nSPS) is 14.2. The third-order valence-electron chi connectivity index (χ3n) is 3.60. The van der Waals surface area contributed by atoms with Crippen LogP contribution in [-0.4, -0.2) is 52.2 Å². The second-order valence-electron chi connectivity index (χ2n) is 5.17. The summed E-state index contributed by atoms with van der Waals surface area (Å²) in [5.74, 6) is 0.926. The van der Waals surface area contributed by atoms with Gasteiger partial charge < -0.3 is 10.2 Å². The van der Waals surface area contributed by atoms with Gasteiger partial charge in [0.05, 0.1) is 0 Å². The standard InChI is InChI=1S/C15H19N5OS.2ClH/c21-14(20-8-1-6-16-7-9-20)13-4-2-12(3-5-13)10-22-15-17-11-18-19-15;;/h2-5,11,16H,1,6-10H2,(H,17,18,19);2*1H. The molecule has 0 bridgehead atoms. The van der Waals surface area contributed by atoms with Gasteiger partial charge in [-0.05, 0) is 30.7 Å². The zero-order valence-electron chi connectivity index (χ0n) is 13.1. The average molecular weight is 390 g/mol. The van der Waals surface area contributed by atoms with E-state index in [0.29, 0.717) is 0 Å². The summed E-state index contributed by atoms with van der Waals surface area (Å²) in [6, 6.07) is 7.84. The lowest BCUT2D eigenvalue weighted by molar-refractivity contribution is 0.0766. The van der Waals surface area contributed by atoms with E-state index < -0.39 is 0 Å². The number of rotatable bonds is 4. The zero-order valence-corrected chi connectivity index (χ0v) is 15.6. The molecule has 1 fully saturated rings. The fourth-order valence-corrected chi connectivity index (χ4v) is 3.13. The maximum absolute atomic E-state index is 12.5. The van der Waals surface area contributed by atoms with Crippen LogP contribution in [0.25, 0.3) is 0 Å². The van der Waals surface area contributed by atoms with Gasteiger partial charge in [0.25, 0.3) is 5.91 Å². The van der Waals surface area contributed by atoms with E-state index >= 15 is 0 Å². The Labute approximate surface area is 158 Å². The highest BCUT2D eigenvalue weighted by Crippen LogP contribution is 2.19. The summed E-state index contributed by atoms with van der Waals surface area (Å²) in [5.41, 5.74) is 1.92. The van der Waals surface area contributed by atoms with Gasteiger partial charge in [-0.15, -0.1) is 24.8 Å². The van der Waals surface area contributed by atoms with Crippen molar-refractivity contribution >= 4 is 42.5 Å². The molecule has 0 atom stereocenters. The summed E-state index contributed by atoms with van der Waals surface area (Å²) in [7, 11) is 0. The zero-order chi connectivity index (χ0) is 15.2. The largest absolute Gasteiger partial charge is 0.337 e. The monoisotopic (exact) mass is 389 g/mol. The number of amides is 1. The maximum Gasteiger partial charge on any atom is 0.253 e. The van der Waals surface area contributed by atoms with E-state index in [-0.39, 0.29) is 30.7 Å². The lowest BCUT2D eigenvalue weighted by atomic mass is 10.1. The van der Waals surface area contributed by atoms with Crippen LogP contribution < -0.4 is 5.32 Å². The predicted octanol–water partition coefficient (Wildman–Crippen LogP) is 2.38. The molecule has 2 heterocycles. The number of nitrogens with zero attached hydrogens (tertiary/aromatic N) is 3. The van der Waals surface area contributed by atoms with Crippen molar-refractivity contribution in [1.29, 1.82) is 0 Å². The fraction of sp³-hybridized carbons (Fsp3) is 0.400. The van der Waals surface area contributed by atoms with E-state index in [1.165, 1.54) is 6.33 Å². The first kappa shape index (κ1) is 20.8. The summed E-state index contributed by atoms with van der Waals surface area (Å²) in [6.45, 7) is 3.47. The van der Waals surface area contributed by atoms with Crippen LogP contribution >= 0.6 is 36.6 Å². The van der Waals surface area contributed by atoms with Gasteiger partial charge in [0.2, 0.25) is 0 Å². The topological polar surface area (TPSA) is 73.9 Å². The molecular formula is C15H21Cl2N5OS. The molecule has 9 heteroatoms. The number of carbonyl (C=O) groups is 1. The van der Waals surface area contributed by atoms with E-state index in [9.17, 15) is 4.79 Å². The van der Waals surface area contributed by atoms with Crippen LogP contribution in [0.15, 0.2) is 35.7 Å². The number of thioether (sulfide) groups is 1. The Morgan fingerprint density at radius 1 is 1.17 bits per heavy atom. The molecule has 2 N–H and O–H groups in total. The third-order valence-corrected chi connectivity index (χ3v) is 4.54. The van der Waals surface area contributed by atoms with Gasteiger partial charge in [-0.3, -0.25) is 9.89 Å². The summed E-state index contributed by atoms with van der Waals surface area (Å²) in [5, 5.41) is 10.8. The molecule has 1 aliphatic rings. The van der Waals surface area contributed by atoms with Crippen molar-refractivity contribution in [2.24, 2.45) is 0 Å². The second-order valence-corrected chi connectivity index (χ2v) is 6.14. The molecule has 132 valence electrons. The van der Waals surface area contributed by atoms with Crippen LogP contribution in [0.1, 0.15) is 22.3 Å². The molecule has 1 aromatic heterocycles. The van der Waals surface area contributed by atoms with E-state index in [4.69, 9.17) is 0 Å². The van der Waals surface area contributed by atoms with Gasteiger partial charge in [-0.1, -0.05) is 23.9 Å². The Morgan fingerprint density at radius 3 is 2.67 bits per heavy atom. The number of hydrogen-bond acceptors (Lipinski definition) is 5. The van der Waals surface area contributed by atoms with Crippen molar-refractivity contribution in [3.8, 4) is 0 Å². The molecule has 0 spiro atoms. The lowest BCUT2D eigenvalue weighted by Gasteiger charge is -2.20. The Bertz CT molecular complexity index is 601. The molecule has 24 heavy (non-hydrogen) atoms. The number of H-pyrrole nitrogens is 1. The van der Waals surface area contributed by atoms with Crippen molar-refractivity contribution in [2.45, 2.75) is 17.3 Å². The minimum atomic E-state index is 0. The van der Waals surface area contributed by atoms with Crippen molar-refractivity contribution in [2.75, 3.05) is 26.2 Å². The van der Waals surface area contributed by atoms with Crippen LogP contribution in [0.2, 0.25) is 0 Å². The quantitative estimate of drug-likeness (QED) is 0.785. The molecule has 1 aliphatic heterocycles. The number of nitrogens with one attached hydrogen (secondary N) is 2. The first-order valence-electron chi connectivity index (χ1n) is 7.40. The number of benzene rings is 1. The van der Waals surface area contributed by atoms with Gasteiger partial charge in [0, 0.05) is 31.0 Å². The Hall–Kier alpha value is -1.28. The fourth-order valence-electron chi connectivity index (χ4n) is 2.39. The Kier molecular flexibility index (Phi) is 9.13. The summed E-state index contributed by atoms with van der Waals surface area (Å²) in [4.78, 5) is 18.5. The summed E-state index contributed by atoms with van der Waals surface area (Å²) in [6.07, 6.45) is 2.51. The molecular weight excluding hydrogens is 369 g/mol. The van der Waals surface area contributed by atoms with Gasteiger partial charge >= 0.3 is 0 Å². The van der Waals surface area contributed by atoms with Crippen LogP contribution in [0.5, 0.6) is 0 Å². The predicted molar refractivity (Wildman–Crippen MR) is 100 cm³/mol. The minimum absolute atomic E-state index is 0. The van der Waals surface area contributed by atoms with E-state index in [0.717, 1.165) is 54.6 Å². The van der Waals surface area contributed by atoms with E-state index in [2.05, 4.69) is 20.5 Å². The number of halogens is 2. The molecule has 0 aliphatic carbocycles. The molecule has 1 saturated heterocycles. The number of carbonyl (C=O) groups excluding carboxylic acids is 1. The highest BCUT2D eigenvalue weighted by atomic mass is 35.5. The van der Waals surface area contributed by atoms with E-state index in [1.54, 1.807) is 11.8 Å². The van der Waals surface area contributed by atoms with Crippen molar-refractivity contribution in [3.05, 3.63) is 41.7 Å². The van der Waals surface area contributed by atoms with Gasteiger partial charge in [-0.25, -0.2) is 4.98 Å². The highest BCUT2D eigenvalue weighted by Gasteiger charge is 2.16. The molecule has 6 nitrogen and oxygen atoms in total. The average Bonchev–Trinajstić information content (AvgIpc) is 2.93. The molecule has 1 aromatic carbocycles.